The van der Waals surface area contributed by atoms with E-state index in [4.69, 9.17) is 11.1 Å². The van der Waals surface area contributed by atoms with Crippen LogP contribution in [0.25, 0.3) is 11.1 Å². The number of carbonyl (C=O) groups excluding carboxylic acids is 1. The molecule has 0 aliphatic carbocycles. The van der Waals surface area contributed by atoms with Gasteiger partial charge in [-0.15, -0.1) is 0 Å². The second kappa shape index (κ2) is 11.0. The van der Waals surface area contributed by atoms with Crippen LogP contribution in [0, 0.1) is 5.41 Å². The number of rotatable bonds is 9. The number of carbonyl (C=O) groups is 1. The zero-order chi connectivity index (χ0) is 24.7. The van der Waals surface area contributed by atoms with Gasteiger partial charge in [-0.25, -0.2) is 13.2 Å². The zero-order valence-electron chi connectivity index (χ0n) is 19.4. The number of anilines is 1. The summed E-state index contributed by atoms with van der Waals surface area (Å²) in [6.07, 6.45) is 3.00. The maximum Gasteiger partial charge on any atom is 0.322 e. The molecule has 0 spiro atoms. The summed E-state index contributed by atoms with van der Waals surface area (Å²) in [6, 6.07) is 21.1. The molecule has 178 valence electrons. The number of nitrogens with zero attached hydrogens (tertiary/aromatic N) is 1. The maximum absolute atomic E-state index is 13.1. The first-order chi connectivity index (χ1) is 16.2. The number of nitrogens with one attached hydrogen (secondary N) is 2. The Kier molecular flexibility index (Phi) is 8.07. The van der Waals surface area contributed by atoms with Crippen molar-refractivity contribution in [2.24, 2.45) is 5.73 Å². The van der Waals surface area contributed by atoms with E-state index in [0.29, 0.717) is 29.9 Å². The average molecular weight is 479 g/mol. The molecule has 0 fully saturated rings. The first-order valence-corrected chi connectivity index (χ1v) is 13.0. The van der Waals surface area contributed by atoms with E-state index in [2.05, 4.69) is 12.2 Å². The molecule has 0 aliphatic rings. The Morgan fingerprint density at radius 3 is 2.38 bits per heavy atom. The van der Waals surface area contributed by atoms with Crippen LogP contribution in [0.2, 0.25) is 0 Å². The van der Waals surface area contributed by atoms with Crippen molar-refractivity contribution >= 4 is 27.4 Å². The van der Waals surface area contributed by atoms with E-state index >= 15 is 0 Å². The Balaban J connectivity index is 1.77. The van der Waals surface area contributed by atoms with Gasteiger partial charge < -0.3 is 16.0 Å². The largest absolute Gasteiger partial charge is 0.384 e. The smallest absolute Gasteiger partial charge is 0.322 e. The molecule has 2 amide bonds. The first-order valence-electron chi connectivity index (χ1n) is 11.1. The number of amides is 2. The maximum atomic E-state index is 13.1. The van der Waals surface area contributed by atoms with E-state index in [0.717, 1.165) is 24.0 Å². The molecule has 0 radical (unpaired) electrons. The summed E-state index contributed by atoms with van der Waals surface area (Å²) < 4.78 is 24.3. The molecule has 7 nitrogen and oxygen atoms in total. The molecule has 0 unspecified atom stereocenters. The summed E-state index contributed by atoms with van der Waals surface area (Å²) in [7, 11) is -3.37. The van der Waals surface area contributed by atoms with E-state index in [-0.39, 0.29) is 16.8 Å². The molecule has 0 bridgehead atoms. The van der Waals surface area contributed by atoms with Crippen molar-refractivity contribution < 1.29 is 13.2 Å². The van der Waals surface area contributed by atoms with Gasteiger partial charge in [0.1, 0.15) is 5.84 Å². The summed E-state index contributed by atoms with van der Waals surface area (Å²) in [5, 5.41) is 10.6. The van der Waals surface area contributed by atoms with Gasteiger partial charge in [-0.2, -0.15) is 0 Å². The summed E-state index contributed by atoms with van der Waals surface area (Å²) in [5.41, 5.74) is 9.11. The number of amidine groups is 1. The number of nitrogens with two attached hydrogens (primary N) is 1. The van der Waals surface area contributed by atoms with Crippen molar-refractivity contribution in [1.29, 1.82) is 5.41 Å². The number of hydrogen-bond donors (Lipinski definition) is 3. The summed E-state index contributed by atoms with van der Waals surface area (Å²) in [5.74, 6) is -0.0102. The second-order valence-corrected chi connectivity index (χ2v) is 10.1. The second-order valence-electron chi connectivity index (χ2n) is 8.16. The van der Waals surface area contributed by atoms with Crippen molar-refractivity contribution in [3.63, 3.8) is 0 Å². The highest BCUT2D eigenvalue weighted by Crippen LogP contribution is 2.28. The first kappa shape index (κ1) is 25.0. The van der Waals surface area contributed by atoms with Crippen LogP contribution in [-0.2, 0) is 16.4 Å². The van der Waals surface area contributed by atoms with Crippen LogP contribution >= 0.6 is 0 Å². The van der Waals surface area contributed by atoms with Crippen molar-refractivity contribution in [2.45, 2.75) is 31.2 Å². The van der Waals surface area contributed by atoms with Crippen LogP contribution in [0.4, 0.5) is 10.5 Å². The van der Waals surface area contributed by atoms with Gasteiger partial charge in [-0.1, -0.05) is 61.9 Å². The number of hydrogen-bond acceptors (Lipinski definition) is 4. The van der Waals surface area contributed by atoms with Gasteiger partial charge in [0, 0.05) is 36.2 Å². The Hall–Kier alpha value is -3.65. The summed E-state index contributed by atoms with van der Waals surface area (Å²) in [4.78, 5) is 15.1. The molecule has 0 saturated carbocycles. The lowest BCUT2D eigenvalue weighted by molar-refractivity contribution is 0.208. The van der Waals surface area contributed by atoms with E-state index in [9.17, 15) is 13.2 Å². The monoisotopic (exact) mass is 478 g/mol. The molecule has 0 saturated heterocycles. The van der Waals surface area contributed by atoms with Crippen molar-refractivity contribution in [2.75, 3.05) is 18.1 Å². The minimum Gasteiger partial charge on any atom is -0.384 e. The van der Waals surface area contributed by atoms with E-state index in [1.54, 1.807) is 59.5 Å². The minimum atomic E-state index is -3.37. The fraction of sp³-hybridized carbons (Fsp3) is 0.231. The third-order valence-corrected chi connectivity index (χ3v) is 6.57. The Morgan fingerprint density at radius 2 is 1.74 bits per heavy atom. The SMILES string of the molecule is CCCCN(Cc1cccc(C(=N)N)c1)C(=O)Nc1ccc(-c2ccccc2S(C)(=O)=O)cc1. The summed E-state index contributed by atoms with van der Waals surface area (Å²) >= 11 is 0. The molecule has 8 heteroatoms. The number of benzene rings is 3. The molecule has 0 atom stereocenters. The predicted octanol–water partition coefficient (Wildman–Crippen LogP) is 4.88. The van der Waals surface area contributed by atoms with Crippen LogP contribution in [-0.4, -0.2) is 38.0 Å². The topological polar surface area (TPSA) is 116 Å². The highest BCUT2D eigenvalue weighted by molar-refractivity contribution is 7.90. The highest BCUT2D eigenvalue weighted by Gasteiger charge is 2.16. The zero-order valence-corrected chi connectivity index (χ0v) is 20.2. The minimum absolute atomic E-state index is 0.0102. The van der Waals surface area contributed by atoms with Crippen molar-refractivity contribution in [3.8, 4) is 11.1 Å². The van der Waals surface area contributed by atoms with Crippen LogP contribution in [0.15, 0.2) is 77.7 Å². The molecule has 0 aliphatic heterocycles. The van der Waals surface area contributed by atoms with Gasteiger partial charge in [0.25, 0.3) is 0 Å². The average Bonchev–Trinajstić information content (AvgIpc) is 2.82. The molecule has 3 rings (SSSR count). The lowest BCUT2D eigenvalue weighted by Crippen LogP contribution is -2.35. The lowest BCUT2D eigenvalue weighted by atomic mass is 10.1. The van der Waals surface area contributed by atoms with E-state index in [1.165, 1.54) is 6.26 Å². The fourth-order valence-electron chi connectivity index (χ4n) is 3.62. The molecule has 34 heavy (non-hydrogen) atoms. The molecular weight excluding hydrogens is 448 g/mol. The van der Waals surface area contributed by atoms with E-state index < -0.39 is 9.84 Å². The number of sulfone groups is 1. The summed E-state index contributed by atoms with van der Waals surface area (Å²) in [6.45, 7) is 3.05. The highest BCUT2D eigenvalue weighted by atomic mass is 32.2. The standard InChI is InChI=1S/C26H30N4O3S/c1-3-4-16-30(18-19-8-7-9-21(17-19)25(27)28)26(31)29-22-14-12-20(13-15-22)23-10-5-6-11-24(23)34(2,32)33/h5-15,17H,3-4,16,18H2,1-2H3,(H3,27,28)(H,29,31). The molecule has 3 aromatic carbocycles. The van der Waals surface area contributed by atoms with Gasteiger partial charge in [-0.3, -0.25) is 5.41 Å². The number of urea groups is 1. The van der Waals surface area contributed by atoms with Crippen LogP contribution in [0.5, 0.6) is 0 Å². The van der Waals surface area contributed by atoms with Crippen LogP contribution < -0.4 is 11.1 Å². The Labute approximate surface area is 201 Å². The predicted molar refractivity (Wildman–Crippen MR) is 137 cm³/mol. The fourth-order valence-corrected chi connectivity index (χ4v) is 4.53. The van der Waals surface area contributed by atoms with Gasteiger partial charge in [0.2, 0.25) is 0 Å². The van der Waals surface area contributed by atoms with Gasteiger partial charge in [0.05, 0.1) is 4.90 Å². The third kappa shape index (κ3) is 6.45. The third-order valence-electron chi connectivity index (χ3n) is 5.41. The number of nitrogen functional groups attached to an aromatic ring is 1. The van der Waals surface area contributed by atoms with Gasteiger partial charge in [0.15, 0.2) is 9.84 Å². The van der Waals surface area contributed by atoms with Crippen LogP contribution in [0.1, 0.15) is 30.9 Å². The lowest BCUT2D eigenvalue weighted by Gasteiger charge is -2.23. The van der Waals surface area contributed by atoms with E-state index in [1.807, 2.05) is 18.2 Å². The molecule has 3 aromatic rings. The molecule has 0 heterocycles. The van der Waals surface area contributed by atoms with Gasteiger partial charge in [-0.05, 0) is 41.8 Å². The van der Waals surface area contributed by atoms with Gasteiger partial charge >= 0.3 is 6.03 Å². The normalized spacial score (nSPS) is 11.1. The number of unbranched alkanes of at least 4 members (excludes halogenated alkanes) is 1. The van der Waals surface area contributed by atoms with Crippen molar-refractivity contribution in [3.05, 3.63) is 83.9 Å². The molecular formula is C26H30N4O3S. The Morgan fingerprint density at radius 1 is 1.03 bits per heavy atom. The Bertz CT molecular complexity index is 1270. The molecule has 0 aromatic heterocycles. The van der Waals surface area contributed by atoms with Crippen molar-refractivity contribution in [1.82, 2.24) is 4.90 Å². The van der Waals surface area contributed by atoms with Crippen LogP contribution in [0.3, 0.4) is 0 Å². The molecule has 4 N–H and O–H groups in total. The quantitative estimate of drug-likeness (QED) is 0.300.